The van der Waals surface area contributed by atoms with E-state index in [2.05, 4.69) is 10.6 Å². The van der Waals surface area contributed by atoms with Gasteiger partial charge in [0.15, 0.2) is 5.50 Å². The van der Waals surface area contributed by atoms with Crippen molar-refractivity contribution in [1.29, 1.82) is 0 Å². The second-order valence-electron chi connectivity index (χ2n) is 5.85. The van der Waals surface area contributed by atoms with Crippen LogP contribution in [0.4, 0.5) is 4.39 Å². The van der Waals surface area contributed by atoms with Crippen LogP contribution in [0, 0.1) is 5.82 Å². The predicted molar refractivity (Wildman–Crippen MR) is 95.3 cm³/mol. The number of carbonyl (C=O) groups is 2. The fourth-order valence-corrected chi connectivity index (χ4v) is 4.24. The number of rotatable bonds is 4. The van der Waals surface area contributed by atoms with Crippen molar-refractivity contribution >= 4 is 35.2 Å². The highest BCUT2D eigenvalue weighted by Crippen LogP contribution is 2.33. The van der Waals surface area contributed by atoms with Crippen molar-refractivity contribution < 1.29 is 14.0 Å². The molecule has 3 rings (SSSR count). The van der Waals surface area contributed by atoms with Gasteiger partial charge in [0.25, 0.3) is 11.8 Å². The van der Waals surface area contributed by atoms with Crippen molar-refractivity contribution in [2.45, 2.75) is 24.4 Å². The summed E-state index contributed by atoms with van der Waals surface area (Å²) in [5.41, 5.74) is 5.70. The van der Waals surface area contributed by atoms with Crippen LogP contribution in [0.1, 0.15) is 23.2 Å². The van der Waals surface area contributed by atoms with Gasteiger partial charge in [0.2, 0.25) is 0 Å². The van der Waals surface area contributed by atoms with Crippen LogP contribution >= 0.6 is 23.4 Å². The van der Waals surface area contributed by atoms with E-state index in [1.165, 1.54) is 23.9 Å². The molecule has 1 atom stereocenters. The van der Waals surface area contributed by atoms with Crippen molar-refractivity contribution in [1.82, 2.24) is 15.5 Å². The van der Waals surface area contributed by atoms with E-state index in [1.807, 2.05) is 4.90 Å². The Kier molecular flexibility index (Phi) is 5.51. The number of nitrogens with zero attached hydrogens (tertiary/aromatic N) is 1. The average molecular weight is 385 g/mol. The molecular weight excluding hydrogens is 367 g/mol. The number of thioether (sulfide) groups is 1. The molecule has 1 unspecified atom stereocenters. The van der Waals surface area contributed by atoms with Crippen molar-refractivity contribution in [2.75, 3.05) is 13.1 Å². The quantitative estimate of drug-likeness (QED) is 0.734. The van der Waals surface area contributed by atoms with Gasteiger partial charge in [-0.25, -0.2) is 4.39 Å². The van der Waals surface area contributed by atoms with E-state index < -0.39 is 23.1 Å². The third kappa shape index (κ3) is 3.91. The highest BCUT2D eigenvalue weighted by molar-refractivity contribution is 8.02. The SMILES string of the molecule is NC(=O)C1=CSC(NC(=O)c2ccc(F)c(Cl)c2)N1C1CCNCC1. The normalized spacial score (nSPS) is 21.1. The fraction of sp³-hybridized carbons (Fsp3) is 0.375. The second-order valence-corrected chi connectivity index (χ2v) is 7.21. The van der Waals surface area contributed by atoms with Crippen LogP contribution in [-0.4, -0.2) is 41.3 Å². The van der Waals surface area contributed by atoms with Gasteiger partial charge >= 0.3 is 0 Å². The Morgan fingerprint density at radius 1 is 1.36 bits per heavy atom. The van der Waals surface area contributed by atoms with Gasteiger partial charge in [-0.05, 0) is 44.1 Å². The molecule has 1 fully saturated rings. The summed E-state index contributed by atoms with van der Waals surface area (Å²) < 4.78 is 13.3. The molecule has 2 amide bonds. The first kappa shape index (κ1) is 18.0. The Hall–Kier alpha value is -1.77. The maximum atomic E-state index is 13.3. The Bertz CT molecular complexity index is 724. The summed E-state index contributed by atoms with van der Waals surface area (Å²) >= 11 is 7.06. The van der Waals surface area contributed by atoms with Crippen molar-refractivity contribution in [3.05, 3.63) is 45.7 Å². The van der Waals surface area contributed by atoms with Crippen LogP contribution in [0.5, 0.6) is 0 Å². The smallest absolute Gasteiger partial charge is 0.265 e. The minimum atomic E-state index is -0.581. The van der Waals surface area contributed by atoms with Crippen molar-refractivity contribution in [3.63, 3.8) is 0 Å². The molecule has 134 valence electrons. The molecule has 9 heteroatoms. The summed E-state index contributed by atoms with van der Waals surface area (Å²) in [6, 6.07) is 3.91. The zero-order chi connectivity index (χ0) is 18.0. The molecule has 2 heterocycles. The number of hydrogen-bond acceptors (Lipinski definition) is 5. The molecule has 0 aliphatic carbocycles. The number of nitrogens with one attached hydrogen (secondary N) is 2. The van der Waals surface area contributed by atoms with E-state index in [1.54, 1.807) is 5.41 Å². The Labute approximate surface area is 153 Å². The molecule has 0 spiro atoms. The molecule has 2 aliphatic heterocycles. The number of benzene rings is 1. The molecule has 4 N–H and O–H groups in total. The molecule has 1 aromatic rings. The molecular formula is C16H18ClFN4O2S. The Morgan fingerprint density at radius 2 is 2.08 bits per heavy atom. The van der Waals surface area contributed by atoms with Crippen LogP contribution in [-0.2, 0) is 4.79 Å². The molecule has 1 saturated heterocycles. The zero-order valence-electron chi connectivity index (χ0n) is 13.3. The number of halogens is 2. The van der Waals surface area contributed by atoms with Crippen molar-refractivity contribution in [3.8, 4) is 0 Å². The van der Waals surface area contributed by atoms with Crippen LogP contribution in [0.25, 0.3) is 0 Å². The number of piperidine rings is 1. The number of primary amides is 1. The Balaban J connectivity index is 1.76. The highest BCUT2D eigenvalue weighted by atomic mass is 35.5. The Morgan fingerprint density at radius 3 is 2.72 bits per heavy atom. The molecule has 1 aromatic carbocycles. The first-order chi connectivity index (χ1) is 12.0. The minimum absolute atomic E-state index is 0.108. The zero-order valence-corrected chi connectivity index (χ0v) is 14.9. The lowest BCUT2D eigenvalue weighted by Crippen LogP contribution is -2.52. The van der Waals surface area contributed by atoms with Crippen LogP contribution in [0.3, 0.4) is 0 Å². The van der Waals surface area contributed by atoms with Gasteiger partial charge in [0.1, 0.15) is 11.5 Å². The summed E-state index contributed by atoms with van der Waals surface area (Å²) in [7, 11) is 0. The standard InChI is InChI=1S/C16H18ClFN4O2S/c17-11-7-9(1-2-12(11)18)15(24)21-16-22(10-3-5-20-6-4-10)13(8-25-16)14(19)23/h1-2,7-8,10,16,20H,3-6H2,(H2,19,23)(H,21,24). The lowest BCUT2D eigenvalue weighted by molar-refractivity contribution is -0.116. The van der Waals surface area contributed by atoms with E-state index in [0.717, 1.165) is 32.0 Å². The summed E-state index contributed by atoms with van der Waals surface area (Å²) in [5.74, 6) is -1.49. The van der Waals surface area contributed by atoms with Crippen LogP contribution < -0.4 is 16.4 Å². The molecule has 0 aromatic heterocycles. The molecule has 6 nitrogen and oxygen atoms in total. The molecule has 2 aliphatic rings. The van der Waals surface area contributed by atoms with Gasteiger partial charge in [0, 0.05) is 17.0 Å². The molecule has 25 heavy (non-hydrogen) atoms. The average Bonchev–Trinajstić information content (AvgIpc) is 3.02. The monoisotopic (exact) mass is 384 g/mol. The third-order valence-corrected chi connectivity index (χ3v) is 5.48. The van der Waals surface area contributed by atoms with Gasteiger partial charge in [-0.2, -0.15) is 0 Å². The van der Waals surface area contributed by atoms with Crippen LogP contribution in [0.15, 0.2) is 29.3 Å². The summed E-state index contributed by atoms with van der Waals surface area (Å²) in [6.45, 7) is 1.68. The molecule has 0 bridgehead atoms. The maximum absolute atomic E-state index is 13.3. The summed E-state index contributed by atoms with van der Waals surface area (Å²) in [6.07, 6.45) is 1.69. The number of nitrogens with two attached hydrogens (primary N) is 1. The summed E-state index contributed by atoms with van der Waals surface area (Å²) in [4.78, 5) is 26.1. The largest absolute Gasteiger partial charge is 0.364 e. The number of amides is 2. The molecule has 0 radical (unpaired) electrons. The van der Waals surface area contributed by atoms with Gasteiger partial charge in [-0.3, -0.25) is 9.59 Å². The highest BCUT2D eigenvalue weighted by Gasteiger charge is 2.36. The van der Waals surface area contributed by atoms with Gasteiger partial charge in [-0.15, -0.1) is 0 Å². The number of hydrogen-bond donors (Lipinski definition) is 3. The van der Waals surface area contributed by atoms with E-state index >= 15 is 0 Å². The van der Waals surface area contributed by atoms with E-state index in [9.17, 15) is 14.0 Å². The predicted octanol–water partition coefficient (Wildman–Crippen LogP) is 1.62. The lowest BCUT2D eigenvalue weighted by Gasteiger charge is -2.38. The first-order valence-corrected chi connectivity index (χ1v) is 9.20. The molecule has 0 saturated carbocycles. The summed E-state index contributed by atoms with van der Waals surface area (Å²) in [5, 5.41) is 7.69. The van der Waals surface area contributed by atoms with Gasteiger partial charge < -0.3 is 21.3 Å². The first-order valence-electron chi connectivity index (χ1n) is 7.88. The third-order valence-electron chi connectivity index (χ3n) is 4.23. The van der Waals surface area contributed by atoms with Crippen LogP contribution in [0.2, 0.25) is 5.02 Å². The lowest BCUT2D eigenvalue weighted by atomic mass is 10.0. The maximum Gasteiger partial charge on any atom is 0.265 e. The van der Waals surface area contributed by atoms with E-state index in [4.69, 9.17) is 17.3 Å². The minimum Gasteiger partial charge on any atom is -0.364 e. The van der Waals surface area contributed by atoms with Gasteiger partial charge in [0.05, 0.1) is 5.02 Å². The van der Waals surface area contributed by atoms with Crippen molar-refractivity contribution in [2.24, 2.45) is 5.73 Å². The fourth-order valence-electron chi connectivity index (χ4n) is 2.98. The van der Waals surface area contributed by atoms with E-state index in [0.29, 0.717) is 5.70 Å². The topological polar surface area (TPSA) is 87.5 Å². The van der Waals surface area contributed by atoms with E-state index in [-0.39, 0.29) is 16.6 Å². The second kappa shape index (κ2) is 7.63. The van der Waals surface area contributed by atoms with Gasteiger partial charge in [-0.1, -0.05) is 23.4 Å². The number of carbonyl (C=O) groups excluding carboxylic acids is 2.